The Morgan fingerprint density at radius 3 is 2.65 bits per heavy atom. The molecule has 1 aromatic rings. The van der Waals surface area contributed by atoms with Gasteiger partial charge in [0.1, 0.15) is 17.1 Å². The predicted octanol–water partition coefficient (Wildman–Crippen LogP) is 2.60. The van der Waals surface area contributed by atoms with E-state index in [1.165, 1.54) is 19.2 Å². The topological polar surface area (TPSA) is 55.8 Å². The number of hydrogen-bond donors (Lipinski definition) is 1. The van der Waals surface area contributed by atoms with Crippen LogP contribution in [0.4, 0.5) is 0 Å². The van der Waals surface area contributed by atoms with Crippen LogP contribution in [0.3, 0.4) is 0 Å². The Morgan fingerprint density at radius 1 is 1.41 bits per heavy atom. The lowest BCUT2D eigenvalue weighted by Crippen LogP contribution is -2.08. The normalized spacial score (nSPS) is 10.4. The number of benzene rings is 1. The van der Waals surface area contributed by atoms with E-state index in [0.717, 1.165) is 6.42 Å². The molecule has 94 valence electrons. The lowest BCUT2D eigenvalue weighted by molar-refractivity contribution is 0.0485. The fourth-order valence-corrected chi connectivity index (χ4v) is 1.28. The van der Waals surface area contributed by atoms with Crippen LogP contribution in [0.1, 0.15) is 30.6 Å². The summed E-state index contributed by atoms with van der Waals surface area (Å²) < 4.78 is 9.98. The maximum Gasteiger partial charge on any atom is 0.341 e. The van der Waals surface area contributed by atoms with Crippen molar-refractivity contribution in [2.75, 3.05) is 13.7 Å². The Balaban J connectivity index is 2.63. The van der Waals surface area contributed by atoms with E-state index in [4.69, 9.17) is 9.47 Å². The van der Waals surface area contributed by atoms with Gasteiger partial charge in [-0.3, -0.25) is 0 Å². The third-order valence-electron chi connectivity index (χ3n) is 2.35. The third-order valence-corrected chi connectivity index (χ3v) is 2.35. The van der Waals surface area contributed by atoms with Crippen molar-refractivity contribution in [3.8, 4) is 11.5 Å². The fourth-order valence-electron chi connectivity index (χ4n) is 1.28. The second-order valence-corrected chi connectivity index (χ2v) is 4.20. The number of carbonyl (C=O) groups excluding carboxylic acids is 1. The highest BCUT2D eigenvalue weighted by Crippen LogP contribution is 2.24. The van der Waals surface area contributed by atoms with Crippen molar-refractivity contribution in [3.63, 3.8) is 0 Å². The Labute approximate surface area is 101 Å². The minimum Gasteiger partial charge on any atom is -0.507 e. The van der Waals surface area contributed by atoms with Crippen LogP contribution in [0.2, 0.25) is 0 Å². The summed E-state index contributed by atoms with van der Waals surface area (Å²) in [5, 5.41) is 9.62. The Morgan fingerprint density at radius 2 is 2.12 bits per heavy atom. The first-order valence-electron chi connectivity index (χ1n) is 5.58. The standard InChI is InChI=1S/C13H18O4/c1-9(2)6-7-17-13(15)11-5-4-10(16-3)8-12(11)14/h4-5,8-9,14H,6-7H2,1-3H3. The monoisotopic (exact) mass is 238 g/mol. The summed E-state index contributed by atoms with van der Waals surface area (Å²) >= 11 is 0. The Hall–Kier alpha value is -1.71. The van der Waals surface area contributed by atoms with E-state index in [1.54, 1.807) is 6.07 Å². The number of aromatic hydroxyl groups is 1. The van der Waals surface area contributed by atoms with Gasteiger partial charge in [0.15, 0.2) is 0 Å². The highest BCUT2D eigenvalue weighted by atomic mass is 16.5. The molecule has 0 aliphatic rings. The Kier molecular flexibility index (Phi) is 4.82. The zero-order valence-electron chi connectivity index (χ0n) is 10.4. The van der Waals surface area contributed by atoms with E-state index in [9.17, 15) is 9.90 Å². The number of carbonyl (C=O) groups is 1. The Bertz CT molecular complexity index is 385. The van der Waals surface area contributed by atoms with E-state index in [0.29, 0.717) is 18.3 Å². The molecular formula is C13H18O4. The van der Waals surface area contributed by atoms with Crippen LogP contribution < -0.4 is 4.74 Å². The van der Waals surface area contributed by atoms with Gasteiger partial charge in [-0.05, 0) is 24.5 Å². The summed E-state index contributed by atoms with van der Waals surface area (Å²) in [6, 6.07) is 4.49. The van der Waals surface area contributed by atoms with Gasteiger partial charge < -0.3 is 14.6 Å². The molecule has 4 heteroatoms. The zero-order valence-corrected chi connectivity index (χ0v) is 10.4. The van der Waals surface area contributed by atoms with Crippen molar-refractivity contribution in [3.05, 3.63) is 23.8 Å². The number of phenols is 1. The van der Waals surface area contributed by atoms with E-state index in [1.807, 2.05) is 0 Å². The van der Waals surface area contributed by atoms with Gasteiger partial charge in [-0.25, -0.2) is 4.79 Å². The minimum atomic E-state index is -0.509. The molecule has 4 nitrogen and oxygen atoms in total. The number of ether oxygens (including phenoxy) is 2. The molecule has 0 aliphatic carbocycles. The molecule has 0 saturated carbocycles. The van der Waals surface area contributed by atoms with Gasteiger partial charge in [-0.15, -0.1) is 0 Å². The van der Waals surface area contributed by atoms with Crippen molar-refractivity contribution in [1.29, 1.82) is 0 Å². The van der Waals surface area contributed by atoms with Crippen molar-refractivity contribution < 1.29 is 19.4 Å². The van der Waals surface area contributed by atoms with Gasteiger partial charge in [0.2, 0.25) is 0 Å². The van der Waals surface area contributed by atoms with Crippen LogP contribution in [0, 0.1) is 5.92 Å². The summed E-state index contributed by atoms with van der Waals surface area (Å²) in [7, 11) is 1.50. The van der Waals surface area contributed by atoms with E-state index < -0.39 is 5.97 Å². The molecule has 0 aromatic heterocycles. The lowest BCUT2D eigenvalue weighted by atomic mass is 10.1. The highest BCUT2D eigenvalue weighted by Gasteiger charge is 2.13. The summed E-state index contributed by atoms with van der Waals surface area (Å²) in [5.41, 5.74) is 0.162. The van der Waals surface area contributed by atoms with Crippen LogP contribution in [-0.2, 0) is 4.74 Å². The molecule has 0 fully saturated rings. The SMILES string of the molecule is COc1ccc(C(=O)OCCC(C)C)c(O)c1. The second kappa shape index (κ2) is 6.13. The third kappa shape index (κ3) is 3.98. The average molecular weight is 238 g/mol. The van der Waals surface area contributed by atoms with Crippen molar-refractivity contribution in [1.82, 2.24) is 0 Å². The van der Waals surface area contributed by atoms with Gasteiger partial charge in [0.25, 0.3) is 0 Å². The van der Waals surface area contributed by atoms with Gasteiger partial charge in [-0.1, -0.05) is 13.8 Å². The number of phenolic OH excluding ortho intramolecular Hbond substituents is 1. The second-order valence-electron chi connectivity index (χ2n) is 4.20. The minimum absolute atomic E-state index is 0.126. The molecule has 0 heterocycles. The quantitative estimate of drug-likeness (QED) is 0.801. The number of methoxy groups -OCH3 is 1. The first kappa shape index (κ1) is 13.4. The first-order valence-corrected chi connectivity index (χ1v) is 5.58. The molecule has 0 spiro atoms. The molecule has 1 N–H and O–H groups in total. The summed E-state index contributed by atoms with van der Waals surface area (Å²) in [6.45, 7) is 4.47. The molecule has 0 unspecified atom stereocenters. The van der Waals surface area contributed by atoms with Gasteiger partial charge in [0, 0.05) is 6.07 Å². The van der Waals surface area contributed by atoms with Gasteiger partial charge >= 0.3 is 5.97 Å². The van der Waals surface area contributed by atoms with Crippen molar-refractivity contribution >= 4 is 5.97 Å². The molecular weight excluding hydrogens is 220 g/mol. The summed E-state index contributed by atoms with van der Waals surface area (Å²) in [5.74, 6) is 0.346. The molecule has 17 heavy (non-hydrogen) atoms. The van der Waals surface area contributed by atoms with E-state index in [-0.39, 0.29) is 11.3 Å². The van der Waals surface area contributed by atoms with Gasteiger partial charge in [-0.2, -0.15) is 0 Å². The molecule has 0 bridgehead atoms. The molecule has 0 saturated heterocycles. The average Bonchev–Trinajstić information content (AvgIpc) is 2.28. The van der Waals surface area contributed by atoms with Crippen LogP contribution in [0.5, 0.6) is 11.5 Å². The first-order chi connectivity index (χ1) is 8.04. The molecule has 1 aromatic carbocycles. The largest absolute Gasteiger partial charge is 0.507 e. The van der Waals surface area contributed by atoms with Crippen molar-refractivity contribution in [2.24, 2.45) is 5.92 Å². The van der Waals surface area contributed by atoms with E-state index in [2.05, 4.69) is 13.8 Å². The molecule has 0 aliphatic heterocycles. The smallest absolute Gasteiger partial charge is 0.341 e. The molecule has 0 atom stereocenters. The highest BCUT2D eigenvalue weighted by molar-refractivity contribution is 5.92. The zero-order chi connectivity index (χ0) is 12.8. The molecule has 0 radical (unpaired) electrons. The van der Waals surface area contributed by atoms with Crippen LogP contribution in [-0.4, -0.2) is 24.8 Å². The predicted molar refractivity (Wildman–Crippen MR) is 64.4 cm³/mol. The van der Waals surface area contributed by atoms with Crippen LogP contribution >= 0.6 is 0 Å². The number of esters is 1. The molecule has 1 rings (SSSR count). The molecule has 0 amide bonds. The van der Waals surface area contributed by atoms with Crippen molar-refractivity contribution in [2.45, 2.75) is 20.3 Å². The van der Waals surface area contributed by atoms with Crippen LogP contribution in [0.15, 0.2) is 18.2 Å². The van der Waals surface area contributed by atoms with E-state index >= 15 is 0 Å². The maximum absolute atomic E-state index is 11.6. The summed E-state index contributed by atoms with van der Waals surface area (Å²) in [6.07, 6.45) is 0.808. The lowest BCUT2D eigenvalue weighted by Gasteiger charge is -2.08. The fraction of sp³-hybridized carbons (Fsp3) is 0.462. The number of rotatable bonds is 5. The van der Waals surface area contributed by atoms with Gasteiger partial charge in [0.05, 0.1) is 13.7 Å². The number of hydrogen-bond acceptors (Lipinski definition) is 4. The summed E-state index contributed by atoms with van der Waals surface area (Å²) in [4.78, 5) is 11.6. The van der Waals surface area contributed by atoms with Crippen LogP contribution in [0.25, 0.3) is 0 Å². The maximum atomic E-state index is 11.6.